The highest BCUT2D eigenvalue weighted by Gasteiger charge is 2.35. The lowest BCUT2D eigenvalue weighted by atomic mass is 10.2. The van der Waals surface area contributed by atoms with Gasteiger partial charge in [0.1, 0.15) is 5.82 Å². The van der Waals surface area contributed by atoms with Gasteiger partial charge in [-0.2, -0.15) is 4.31 Å². The molecule has 0 bridgehead atoms. The molecule has 1 atom stereocenters. The first-order valence-corrected chi connectivity index (χ1v) is 9.79. The Hall–Kier alpha value is -0.930. The molecule has 1 unspecified atom stereocenters. The van der Waals surface area contributed by atoms with Crippen molar-refractivity contribution in [1.82, 2.24) is 19.2 Å². The molecule has 0 amide bonds. The van der Waals surface area contributed by atoms with Gasteiger partial charge in [-0.25, -0.2) is 13.4 Å². The van der Waals surface area contributed by atoms with Crippen molar-refractivity contribution in [2.75, 3.05) is 19.6 Å². The highest BCUT2D eigenvalue weighted by atomic mass is 79.9. The van der Waals surface area contributed by atoms with E-state index in [1.165, 1.54) is 0 Å². The summed E-state index contributed by atoms with van der Waals surface area (Å²) in [6, 6.07) is 7.11. The topological polar surface area (TPSA) is 67.2 Å². The maximum absolute atomic E-state index is 12.9. The fraction of sp³-hybridized carbons (Fsp3) is 0.400. The van der Waals surface area contributed by atoms with Gasteiger partial charge in [0.2, 0.25) is 10.0 Å². The van der Waals surface area contributed by atoms with E-state index in [0.717, 1.165) is 15.9 Å². The fourth-order valence-electron chi connectivity index (χ4n) is 2.81. The standard InChI is InChI=1S/C15H19BrN4O2S.ClH/c1-19-8-7-18-15(19)14-10-17-6-9-20(14)23(21,22)11-12-2-4-13(16)5-3-12;/h2-5,7-8,14,17H,6,9-11H2,1H3;1H. The lowest BCUT2D eigenvalue weighted by Crippen LogP contribution is -2.49. The first kappa shape index (κ1) is 19.4. The second-order valence-corrected chi connectivity index (χ2v) is 8.45. The number of hydrogen-bond donors (Lipinski definition) is 1. The number of aromatic nitrogens is 2. The molecule has 1 aromatic carbocycles. The molecule has 9 heteroatoms. The van der Waals surface area contributed by atoms with Crippen molar-refractivity contribution in [3.05, 3.63) is 52.5 Å². The molecule has 24 heavy (non-hydrogen) atoms. The van der Waals surface area contributed by atoms with Crippen LogP contribution in [0, 0.1) is 0 Å². The van der Waals surface area contributed by atoms with Gasteiger partial charge in [0.15, 0.2) is 0 Å². The zero-order valence-electron chi connectivity index (χ0n) is 13.2. The van der Waals surface area contributed by atoms with Gasteiger partial charge >= 0.3 is 0 Å². The predicted molar refractivity (Wildman–Crippen MR) is 99.5 cm³/mol. The highest BCUT2D eigenvalue weighted by Crippen LogP contribution is 2.26. The lowest BCUT2D eigenvalue weighted by Gasteiger charge is -2.34. The maximum atomic E-state index is 12.9. The van der Waals surface area contributed by atoms with Gasteiger partial charge in [0, 0.05) is 43.5 Å². The first-order valence-electron chi connectivity index (χ1n) is 7.39. The van der Waals surface area contributed by atoms with Crippen molar-refractivity contribution < 1.29 is 8.42 Å². The second-order valence-electron chi connectivity index (χ2n) is 5.61. The average molecular weight is 436 g/mol. The van der Waals surface area contributed by atoms with E-state index in [1.807, 2.05) is 42.1 Å². The van der Waals surface area contributed by atoms with Crippen molar-refractivity contribution in [2.24, 2.45) is 7.05 Å². The van der Waals surface area contributed by atoms with Crippen LogP contribution in [0.3, 0.4) is 0 Å². The Labute approximate surface area is 156 Å². The van der Waals surface area contributed by atoms with E-state index in [-0.39, 0.29) is 24.2 Å². The highest BCUT2D eigenvalue weighted by molar-refractivity contribution is 9.10. The minimum atomic E-state index is -3.42. The predicted octanol–water partition coefficient (Wildman–Crippen LogP) is 2.08. The number of hydrogen-bond acceptors (Lipinski definition) is 4. The SMILES string of the molecule is Cl.Cn1ccnc1C1CNCCN1S(=O)(=O)Cc1ccc(Br)cc1. The van der Waals surface area contributed by atoms with E-state index >= 15 is 0 Å². The van der Waals surface area contributed by atoms with Crippen LogP contribution < -0.4 is 5.32 Å². The van der Waals surface area contributed by atoms with E-state index in [4.69, 9.17) is 0 Å². The van der Waals surface area contributed by atoms with Gasteiger partial charge in [0.05, 0.1) is 11.8 Å². The van der Waals surface area contributed by atoms with Crippen molar-refractivity contribution in [1.29, 1.82) is 0 Å². The maximum Gasteiger partial charge on any atom is 0.219 e. The molecular formula is C15H20BrClN4O2S. The van der Waals surface area contributed by atoms with Crippen LogP contribution in [0.4, 0.5) is 0 Å². The Bertz CT molecular complexity index is 779. The molecule has 0 radical (unpaired) electrons. The summed E-state index contributed by atoms with van der Waals surface area (Å²) in [4.78, 5) is 4.33. The summed E-state index contributed by atoms with van der Waals surface area (Å²) in [6.07, 6.45) is 3.53. The molecular weight excluding hydrogens is 416 g/mol. The third-order valence-electron chi connectivity index (χ3n) is 3.97. The monoisotopic (exact) mass is 434 g/mol. The third-order valence-corrected chi connectivity index (χ3v) is 6.35. The van der Waals surface area contributed by atoms with Crippen LogP contribution >= 0.6 is 28.3 Å². The zero-order valence-corrected chi connectivity index (χ0v) is 16.4. The molecule has 0 spiro atoms. The number of aryl methyl sites for hydroxylation is 1. The molecule has 132 valence electrons. The van der Waals surface area contributed by atoms with E-state index < -0.39 is 10.0 Å². The minimum absolute atomic E-state index is 0. The smallest absolute Gasteiger partial charge is 0.219 e. The molecule has 0 saturated carbocycles. The first-order chi connectivity index (χ1) is 11.0. The molecule has 1 aliphatic rings. The van der Waals surface area contributed by atoms with Crippen molar-refractivity contribution in [2.45, 2.75) is 11.8 Å². The molecule has 1 fully saturated rings. The van der Waals surface area contributed by atoms with Crippen LogP contribution in [-0.4, -0.2) is 41.9 Å². The Kier molecular flexibility index (Phi) is 6.44. The van der Waals surface area contributed by atoms with E-state index in [0.29, 0.717) is 19.6 Å². The Morgan fingerprint density at radius 1 is 1.33 bits per heavy atom. The summed E-state index contributed by atoms with van der Waals surface area (Å²) in [5, 5.41) is 3.26. The van der Waals surface area contributed by atoms with E-state index in [2.05, 4.69) is 26.2 Å². The fourth-order valence-corrected chi connectivity index (χ4v) is 4.78. The van der Waals surface area contributed by atoms with Gasteiger partial charge in [-0.05, 0) is 17.7 Å². The third kappa shape index (κ3) is 4.18. The number of halogens is 2. The molecule has 2 aromatic rings. The number of piperazine rings is 1. The quantitative estimate of drug-likeness (QED) is 0.798. The Morgan fingerprint density at radius 2 is 2.04 bits per heavy atom. The van der Waals surface area contributed by atoms with E-state index in [9.17, 15) is 8.42 Å². The van der Waals surface area contributed by atoms with Crippen LogP contribution in [0.2, 0.25) is 0 Å². The molecule has 1 saturated heterocycles. The van der Waals surface area contributed by atoms with Crippen LogP contribution in [0.1, 0.15) is 17.4 Å². The van der Waals surface area contributed by atoms with Crippen molar-refractivity contribution in [3.8, 4) is 0 Å². The number of benzene rings is 1. The van der Waals surface area contributed by atoms with Gasteiger partial charge in [-0.3, -0.25) is 0 Å². The molecule has 1 aliphatic heterocycles. The number of nitrogens with one attached hydrogen (secondary N) is 1. The number of nitrogens with zero attached hydrogens (tertiary/aromatic N) is 3. The summed E-state index contributed by atoms with van der Waals surface area (Å²) >= 11 is 3.37. The Balaban J connectivity index is 0.00000208. The van der Waals surface area contributed by atoms with Crippen LogP contribution in [0.15, 0.2) is 41.1 Å². The summed E-state index contributed by atoms with van der Waals surface area (Å²) in [6.45, 7) is 1.68. The van der Waals surface area contributed by atoms with Crippen molar-refractivity contribution >= 4 is 38.4 Å². The molecule has 6 nitrogen and oxygen atoms in total. The minimum Gasteiger partial charge on any atom is -0.337 e. The van der Waals surface area contributed by atoms with Crippen LogP contribution in [0.5, 0.6) is 0 Å². The van der Waals surface area contributed by atoms with Gasteiger partial charge < -0.3 is 9.88 Å². The molecule has 1 N–H and O–H groups in total. The van der Waals surface area contributed by atoms with Gasteiger partial charge in [-0.15, -0.1) is 12.4 Å². The molecule has 2 heterocycles. The number of sulfonamides is 1. The lowest BCUT2D eigenvalue weighted by molar-refractivity contribution is 0.258. The normalized spacial score (nSPS) is 19.0. The van der Waals surface area contributed by atoms with E-state index in [1.54, 1.807) is 10.5 Å². The molecule has 3 rings (SSSR count). The zero-order chi connectivity index (χ0) is 16.4. The van der Waals surface area contributed by atoms with Gasteiger partial charge in [-0.1, -0.05) is 28.1 Å². The van der Waals surface area contributed by atoms with Crippen LogP contribution in [0.25, 0.3) is 0 Å². The summed E-state index contributed by atoms with van der Waals surface area (Å²) in [5.41, 5.74) is 0.783. The summed E-state index contributed by atoms with van der Waals surface area (Å²) in [7, 11) is -1.53. The Morgan fingerprint density at radius 3 is 2.67 bits per heavy atom. The largest absolute Gasteiger partial charge is 0.337 e. The molecule has 0 aliphatic carbocycles. The summed E-state index contributed by atoms with van der Waals surface area (Å²) < 4.78 is 30.2. The molecule has 1 aromatic heterocycles. The van der Waals surface area contributed by atoms with Crippen molar-refractivity contribution in [3.63, 3.8) is 0 Å². The average Bonchev–Trinajstić information content (AvgIpc) is 2.95. The van der Waals surface area contributed by atoms with Crippen LogP contribution in [-0.2, 0) is 22.8 Å². The van der Waals surface area contributed by atoms with Gasteiger partial charge in [0.25, 0.3) is 0 Å². The number of imidazole rings is 1. The summed E-state index contributed by atoms with van der Waals surface area (Å²) in [5.74, 6) is 0.762. The second kappa shape index (κ2) is 7.97. The number of rotatable bonds is 4.